The van der Waals surface area contributed by atoms with E-state index in [0.717, 1.165) is 22.0 Å². The molecular formula is C13H14N4O3. The van der Waals surface area contributed by atoms with Crippen molar-refractivity contribution < 1.29 is 14.7 Å². The molecule has 0 bridgehead atoms. The Labute approximate surface area is 115 Å². The van der Waals surface area contributed by atoms with Crippen molar-refractivity contribution in [1.82, 2.24) is 15.0 Å². The van der Waals surface area contributed by atoms with E-state index in [-0.39, 0.29) is 18.1 Å². The molecule has 2 N–H and O–H groups in total. The van der Waals surface area contributed by atoms with Gasteiger partial charge in [-0.1, -0.05) is 17.3 Å². The van der Waals surface area contributed by atoms with E-state index in [1.807, 2.05) is 26.0 Å². The van der Waals surface area contributed by atoms with Gasteiger partial charge in [-0.25, -0.2) is 9.48 Å². The molecular weight excluding hydrogens is 260 g/mol. The number of carboxylic acids is 1. The molecule has 2 aromatic rings. The highest BCUT2D eigenvalue weighted by Gasteiger charge is 2.14. The number of carbonyl (C=O) groups excluding carboxylic acids is 1. The molecule has 0 spiro atoms. The molecule has 0 radical (unpaired) electrons. The zero-order valence-corrected chi connectivity index (χ0v) is 11.1. The number of nitrogens with zero attached hydrogens (tertiary/aromatic N) is 3. The fourth-order valence-corrected chi connectivity index (χ4v) is 1.75. The number of nitrogens with one attached hydrogen (secondary N) is 1. The topological polar surface area (TPSA) is 97.1 Å². The zero-order valence-electron chi connectivity index (χ0n) is 11.1. The van der Waals surface area contributed by atoms with E-state index in [0.29, 0.717) is 5.69 Å². The van der Waals surface area contributed by atoms with Crippen LogP contribution >= 0.6 is 0 Å². The van der Waals surface area contributed by atoms with Gasteiger partial charge in [0.25, 0.3) is 0 Å². The van der Waals surface area contributed by atoms with Crippen LogP contribution in [0.4, 0.5) is 5.69 Å². The molecule has 0 atom stereocenters. The molecule has 0 aliphatic rings. The van der Waals surface area contributed by atoms with Crippen molar-refractivity contribution in [3.05, 3.63) is 41.2 Å². The summed E-state index contributed by atoms with van der Waals surface area (Å²) in [5.41, 5.74) is 2.61. The van der Waals surface area contributed by atoms with Crippen LogP contribution in [0.1, 0.15) is 21.6 Å². The van der Waals surface area contributed by atoms with Crippen LogP contribution in [0.3, 0.4) is 0 Å². The minimum Gasteiger partial charge on any atom is -0.476 e. The van der Waals surface area contributed by atoms with E-state index >= 15 is 0 Å². The summed E-state index contributed by atoms with van der Waals surface area (Å²) in [6.07, 6.45) is 1.10. The smallest absolute Gasteiger partial charge is 0.355 e. The summed E-state index contributed by atoms with van der Waals surface area (Å²) >= 11 is 0. The Morgan fingerprint density at radius 3 is 2.80 bits per heavy atom. The molecule has 0 aliphatic heterocycles. The maximum atomic E-state index is 11.9. The van der Waals surface area contributed by atoms with Crippen LogP contribution in [0.15, 0.2) is 24.4 Å². The van der Waals surface area contributed by atoms with E-state index in [9.17, 15) is 9.59 Å². The molecule has 104 valence electrons. The molecule has 0 saturated carbocycles. The summed E-state index contributed by atoms with van der Waals surface area (Å²) in [5, 5.41) is 18.7. The number of hydrogen-bond donors (Lipinski definition) is 2. The predicted octanol–water partition coefficient (Wildman–Crippen LogP) is 1.23. The fraction of sp³-hybridized carbons (Fsp3) is 0.231. The number of benzene rings is 1. The van der Waals surface area contributed by atoms with Gasteiger partial charge < -0.3 is 10.4 Å². The molecule has 0 fully saturated rings. The lowest BCUT2D eigenvalue weighted by atomic mass is 10.1. The maximum Gasteiger partial charge on any atom is 0.355 e. The van der Waals surface area contributed by atoms with Crippen molar-refractivity contribution in [2.45, 2.75) is 20.4 Å². The first-order chi connectivity index (χ1) is 9.49. The molecule has 0 aliphatic carbocycles. The highest BCUT2D eigenvalue weighted by Crippen LogP contribution is 2.17. The van der Waals surface area contributed by atoms with Gasteiger partial charge in [-0.15, -0.1) is 5.10 Å². The average Bonchev–Trinajstić information content (AvgIpc) is 2.83. The first kappa shape index (κ1) is 13.7. The maximum absolute atomic E-state index is 11.9. The second kappa shape index (κ2) is 5.52. The van der Waals surface area contributed by atoms with Gasteiger partial charge in [-0.05, 0) is 31.0 Å². The van der Waals surface area contributed by atoms with Crippen molar-refractivity contribution >= 4 is 17.6 Å². The molecule has 0 saturated heterocycles. The third-order valence-corrected chi connectivity index (χ3v) is 3.01. The SMILES string of the molecule is Cc1cccc(NC(=O)Cn2nncc2C(=O)O)c1C. The Bertz CT molecular complexity index is 663. The molecule has 0 unspecified atom stereocenters. The number of aromatic nitrogens is 3. The second-order valence-electron chi connectivity index (χ2n) is 4.38. The second-order valence-corrected chi connectivity index (χ2v) is 4.38. The fourth-order valence-electron chi connectivity index (χ4n) is 1.75. The number of aryl methyl sites for hydroxylation is 1. The lowest BCUT2D eigenvalue weighted by Crippen LogP contribution is -2.22. The van der Waals surface area contributed by atoms with Crippen molar-refractivity contribution in [2.24, 2.45) is 0 Å². The molecule has 1 aromatic carbocycles. The van der Waals surface area contributed by atoms with Crippen molar-refractivity contribution in [3.63, 3.8) is 0 Å². The van der Waals surface area contributed by atoms with Gasteiger partial charge in [0.15, 0.2) is 5.69 Å². The third-order valence-electron chi connectivity index (χ3n) is 3.01. The van der Waals surface area contributed by atoms with Gasteiger partial charge in [0, 0.05) is 5.69 Å². The monoisotopic (exact) mass is 274 g/mol. The molecule has 7 nitrogen and oxygen atoms in total. The number of hydrogen-bond acceptors (Lipinski definition) is 4. The Kier molecular flexibility index (Phi) is 3.79. The standard InChI is InChI=1S/C13H14N4O3/c1-8-4-3-5-10(9(8)2)15-12(18)7-17-11(13(19)20)6-14-16-17/h3-6H,7H2,1-2H3,(H,15,18)(H,19,20). The Balaban J connectivity index is 2.11. The van der Waals surface area contributed by atoms with Gasteiger partial charge >= 0.3 is 5.97 Å². The number of amides is 1. The minimum absolute atomic E-state index is 0.124. The number of rotatable bonds is 4. The number of carboxylic acid groups (broad SMARTS) is 1. The van der Waals surface area contributed by atoms with Crippen LogP contribution in [-0.4, -0.2) is 32.0 Å². The van der Waals surface area contributed by atoms with Gasteiger partial charge in [-0.3, -0.25) is 4.79 Å². The van der Waals surface area contributed by atoms with Crippen LogP contribution in [0, 0.1) is 13.8 Å². The van der Waals surface area contributed by atoms with Gasteiger partial charge in [0.2, 0.25) is 5.91 Å². The predicted molar refractivity (Wildman–Crippen MR) is 71.5 cm³/mol. The zero-order chi connectivity index (χ0) is 14.7. The summed E-state index contributed by atoms with van der Waals surface area (Å²) in [5.74, 6) is -1.53. The molecule has 1 aromatic heterocycles. The largest absolute Gasteiger partial charge is 0.476 e. The summed E-state index contributed by atoms with van der Waals surface area (Å²) in [7, 11) is 0. The highest BCUT2D eigenvalue weighted by atomic mass is 16.4. The lowest BCUT2D eigenvalue weighted by Gasteiger charge is -2.10. The Morgan fingerprint density at radius 2 is 2.10 bits per heavy atom. The Hall–Kier alpha value is -2.70. The van der Waals surface area contributed by atoms with Crippen LogP contribution in [-0.2, 0) is 11.3 Å². The van der Waals surface area contributed by atoms with E-state index in [1.54, 1.807) is 6.07 Å². The minimum atomic E-state index is -1.17. The highest BCUT2D eigenvalue weighted by molar-refractivity contribution is 5.92. The van der Waals surface area contributed by atoms with Gasteiger partial charge in [-0.2, -0.15) is 0 Å². The van der Waals surface area contributed by atoms with Crippen molar-refractivity contribution in [3.8, 4) is 0 Å². The third kappa shape index (κ3) is 2.82. The van der Waals surface area contributed by atoms with Gasteiger partial charge in [0.05, 0.1) is 6.20 Å². The van der Waals surface area contributed by atoms with Crippen LogP contribution < -0.4 is 5.32 Å². The lowest BCUT2D eigenvalue weighted by molar-refractivity contribution is -0.116. The van der Waals surface area contributed by atoms with Crippen molar-refractivity contribution in [2.75, 3.05) is 5.32 Å². The molecule has 20 heavy (non-hydrogen) atoms. The summed E-state index contributed by atoms with van der Waals surface area (Å²) in [6, 6.07) is 5.58. The van der Waals surface area contributed by atoms with E-state index < -0.39 is 5.97 Å². The number of carbonyl (C=O) groups is 2. The van der Waals surface area contributed by atoms with Gasteiger partial charge in [0.1, 0.15) is 6.54 Å². The van der Waals surface area contributed by atoms with E-state index in [2.05, 4.69) is 15.6 Å². The van der Waals surface area contributed by atoms with Crippen molar-refractivity contribution in [1.29, 1.82) is 0 Å². The molecule has 7 heteroatoms. The molecule has 1 heterocycles. The first-order valence-corrected chi connectivity index (χ1v) is 5.97. The number of aromatic carboxylic acids is 1. The van der Waals surface area contributed by atoms with E-state index in [4.69, 9.17) is 5.11 Å². The van der Waals surface area contributed by atoms with Crippen LogP contribution in [0.2, 0.25) is 0 Å². The summed E-state index contributed by atoms with van der Waals surface area (Å²) < 4.78 is 1.04. The quantitative estimate of drug-likeness (QED) is 0.874. The summed E-state index contributed by atoms with van der Waals surface area (Å²) in [6.45, 7) is 3.66. The average molecular weight is 274 g/mol. The molecule has 2 rings (SSSR count). The van der Waals surface area contributed by atoms with E-state index in [1.165, 1.54) is 0 Å². The summed E-state index contributed by atoms with van der Waals surface area (Å²) in [4.78, 5) is 22.8. The Morgan fingerprint density at radius 1 is 1.35 bits per heavy atom. The molecule has 1 amide bonds. The normalized spacial score (nSPS) is 10.3. The van der Waals surface area contributed by atoms with Crippen LogP contribution in [0.5, 0.6) is 0 Å². The first-order valence-electron chi connectivity index (χ1n) is 5.97. The number of anilines is 1. The van der Waals surface area contributed by atoms with Crippen LogP contribution in [0.25, 0.3) is 0 Å².